The van der Waals surface area contributed by atoms with E-state index >= 15 is 0 Å². The summed E-state index contributed by atoms with van der Waals surface area (Å²) in [6.07, 6.45) is 2.78. The van der Waals surface area contributed by atoms with E-state index in [1.807, 2.05) is 0 Å². The second-order valence-corrected chi connectivity index (χ2v) is 6.01. The number of amides is 2. The number of aromatic nitrogens is 1. The molecular weight excluding hydrogens is 276 g/mol. The van der Waals surface area contributed by atoms with E-state index in [1.165, 1.54) is 11.3 Å². The SMILES string of the molecule is NCCc1nc(C(=O)N2CCC(CC(N)=O)CC2)cs1. The van der Waals surface area contributed by atoms with Crippen LogP contribution >= 0.6 is 11.3 Å². The molecule has 0 aromatic carbocycles. The summed E-state index contributed by atoms with van der Waals surface area (Å²) in [7, 11) is 0. The van der Waals surface area contributed by atoms with E-state index in [1.54, 1.807) is 10.3 Å². The Morgan fingerprint density at radius 1 is 1.40 bits per heavy atom. The summed E-state index contributed by atoms with van der Waals surface area (Å²) in [6, 6.07) is 0. The Balaban J connectivity index is 1.89. The quantitative estimate of drug-likeness (QED) is 0.819. The topological polar surface area (TPSA) is 102 Å². The van der Waals surface area contributed by atoms with Gasteiger partial charge >= 0.3 is 0 Å². The molecule has 1 aromatic rings. The third-order valence-electron chi connectivity index (χ3n) is 3.52. The predicted molar refractivity (Wildman–Crippen MR) is 77.3 cm³/mol. The molecule has 1 aromatic heterocycles. The van der Waals surface area contributed by atoms with Crippen LogP contribution in [0.4, 0.5) is 0 Å². The third kappa shape index (κ3) is 3.77. The van der Waals surface area contributed by atoms with E-state index in [-0.39, 0.29) is 11.8 Å². The normalized spacial score (nSPS) is 16.4. The first-order valence-electron chi connectivity index (χ1n) is 6.82. The van der Waals surface area contributed by atoms with Crippen LogP contribution in [-0.4, -0.2) is 41.3 Å². The van der Waals surface area contributed by atoms with Crippen molar-refractivity contribution in [3.63, 3.8) is 0 Å². The van der Waals surface area contributed by atoms with E-state index in [9.17, 15) is 9.59 Å². The molecule has 4 N–H and O–H groups in total. The molecule has 0 aliphatic carbocycles. The van der Waals surface area contributed by atoms with Gasteiger partial charge in [-0.15, -0.1) is 11.3 Å². The summed E-state index contributed by atoms with van der Waals surface area (Å²) in [6.45, 7) is 1.88. The monoisotopic (exact) mass is 296 g/mol. The van der Waals surface area contributed by atoms with Gasteiger partial charge < -0.3 is 16.4 Å². The van der Waals surface area contributed by atoms with Crippen molar-refractivity contribution < 1.29 is 9.59 Å². The lowest BCUT2D eigenvalue weighted by Gasteiger charge is -2.31. The molecule has 2 amide bonds. The molecule has 2 rings (SSSR count). The van der Waals surface area contributed by atoms with E-state index in [0.29, 0.717) is 44.1 Å². The van der Waals surface area contributed by atoms with Crippen LogP contribution < -0.4 is 11.5 Å². The molecule has 0 saturated carbocycles. The van der Waals surface area contributed by atoms with Crippen LogP contribution in [0.15, 0.2) is 5.38 Å². The van der Waals surface area contributed by atoms with E-state index in [4.69, 9.17) is 11.5 Å². The Morgan fingerprint density at radius 2 is 2.10 bits per heavy atom. The van der Waals surface area contributed by atoms with Gasteiger partial charge in [0.2, 0.25) is 5.91 Å². The lowest BCUT2D eigenvalue weighted by atomic mass is 9.93. The molecule has 1 aliphatic rings. The molecule has 20 heavy (non-hydrogen) atoms. The van der Waals surface area contributed by atoms with Crippen molar-refractivity contribution in [3.05, 3.63) is 16.1 Å². The molecule has 6 nitrogen and oxygen atoms in total. The van der Waals surface area contributed by atoms with Crippen LogP contribution in [0, 0.1) is 5.92 Å². The molecular formula is C13H20N4O2S. The summed E-state index contributed by atoms with van der Waals surface area (Å²) in [4.78, 5) is 29.3. The van der Waals surface area contributed by atoms with E-state index in [0.717, 1.165) is 17.8 Å². The average molecular weight is 296 g/mol. The number of piperidine rings is 1. The molecule has 0 bridgehead atoms. The van der Waals surface area contributed by atoms with Gasteiger partial charge in [-0.05, 0) is 25.3 Å². The van der Waals surface area contributed by atoms with Crippen molar-refractivity contribution in [2.45, 2.75) is 25.7 Å². The van der Waals surface area contributed by atoms with Crippen molar-refractivity contribution in [1.29, 1.82) is 0 Å². The molecule has 0 spiro atoms. The first-order valence-corrected chi connectivity index (χ1v) is 7.70. The first kappa shape index (κ1) is 14.9. The average Bonchev–Trinajstić information content (AvgIpc) is 2.87. The van der Waals surface area contributed by atoms with Crippen molar-refractivity contribution in [3.8, 4) is 0 Å². The largest absolute Gasteiger partial charge is 0.370 e. The zero-order valence-corrected chi connectivity index (χ0v) is 12.2. The maximum absolute atomic E-state index is 12.3. The Hall–Kier alpha value is -1.47. The minimum absolute atomic E-state index is 0.0259. The van der Waals surface area contributed by atoms with Crippen LogP contribution in [-0.2, 0) is 11.2 Å². The Bertz CT molecular complexity index is 480. The fourth-order valence-electron chi connectivity index (χ4n) is 2.43. The summed E-state index contributed by atoms with van der Waals surface area (Å²) < 4.78 is 0. The summed E-state index contributed by atoms with van der Waals surface area (Å²) in [5.74, 6) is 0.0162. The maximum atomic E-state index is 12.3. The third-order valence-corrected chi connectivity index (χ3v) is 4.43. The molecule has 0 atom stereocenters. The highest BCUT2D eigenvalue weighted by atomic mass is 32.1. The Labute approximate surface area is 122 Å². The number of nitrogens with two attached hydrogens (primary N) is 2. The molecule has 2 heterocycles. The molecule has 0 unspecified atom stereocenters. The highest BCUT2D eigenvalue weighted by Gasteiger charge is 2.25. The predicted octanol–water partition coefficient (Wildman–Crippen LogP) is 0.372. The van der Waals surface area contributed by atoms with Crippen LogP contribution in [0.1, 0.15) is 34.8 Å². The van der Waals surface area contributed by atoms with Gasteiger partial charge in [0.15, 0.2) is 0 Å². The van der Waals surface area contributed by atoms with Gasteiger partial charge in [0.05, 0.1) is 5.01 Å². The number of likely N-dealkylation sites (tertiary alicyclic amines) is 1. The second kappa shape index (κ2) is 6.81. The number of rotatable bonds is 5. The van der Waals surface area contributed by atoms with Gasteiger partial charge in [-0.3, -0.25) is 9.59 Å². The maximum Gasteiger partial charge on any atom is 0.273 e. The lowest BCUT2D eigenvalue weighted by Crippen LogP contribution is -2.39. The van der Waals surface area contributed by atoms with Gasteiger partial charge in [0, 0.05) is 31.3 Å². The molecule has 1 aliphatic heterocycles. The van der Waals surface area contributed by atoms with Gasteiger partial charge in [0.1, 0.15) is 5.69 Å². The summed E-state index contributed by atoms with van der Waals surface area (Å²) in [5, 5.41) is 2.70. The van der Waals surface area contributed by atoms with Crippen LogP contribution in [0.2, 0.25) is 0 Å². The fraction of sp³-hybridized carbons (Fsp3) is 0.615. The smallest absolute Gasteiger partial charge is 0.273 e. The molecule has 110 valence electrons. The number of nitrogens with zero attached hydrogens (tertiary/aromatic N) is 2. The molecule has 1 saturated heterocycles. The Kier molecular flexibility index (Phi) is 5.08. The van der Waals surface area contributed by atoms with Crippen molar-refractivity contribution in [2.75, 3.05) is 19.6 Å². The molecule has 7 heteroatoms. The molecule has 0 radical (unpaired) electrons. The number of carbonyl (C=O) groups excluding carboxylic acids is 2. The lowest BCUT2D eigenvalue weighted by molar-refractivity contribution is -0.119. The number of primary amides is 1. The van der Waals surface area contributed by atoms with Gasteiger partial charge in [-0.2, -0.15) is 0 Å². The fourth-order valence-corrected chi connectivity index (χ4v) is 3.22. The van der Waals surface area contributed by atoms with E-state index in [2.05, 4.69) is 4.98 Å². The van der Waals surface area contributed by atoms with Crippen molar-refractivity contribution in [2.24, 2.45) is 17.4 Å². The van der Waals surface area contributed by atoms with Gasteiger partial charge in [-0.1, -0.05) is 0 Å². The summed E-state index contributed by atoms with van der Waals surface area (Å²) in [5.41, 5.74) is 11.2. The number of hydrogen-bond acceptors (Lipinski definition) is 5. The highest BCUT2D eigenvalue weighted by molar-refractivity contribution is 7.09. The highest BCUT2D eigenvalue weighted by Crippen LogP contribution is 2.22. The summed E-state index contributed by atoms with van der Waals surface area (Å²) >= 11 is 1.48. The van der Waals surface area contributed by atoms with Crippen LogP contribution in [0.5, 0.6) is 0 Å². The zero-order valence-electron chi connectivity index (χ0n) is 11.4. The number of carbonyl (C=O) groups is 2. The number of hydrogen-bond donors (Lipinski definition) is 2. The second-order valence-electron chi connectivity index (χ2n) is 5.07. The Morgan fingerprint density at radius 3 is 2.70 bits per heavy atom. The van der Waals surface area contributed by atoms with Gasteiger partial charge in [-0.25, -0.2) is 4.98 Å². The van der Waals surface area contributed by atoms with Crippen LogP contribution in [0.25, 0.3) is 0 Å². The minimum Gasteiger partial charge on any atom is -0.370 e. The number of thiazole rings is 1. The first-order chi connectivity index (χ1) is 9.60. The zero-order chi connectivity index (χ0) is 14.5. The minimum atomic E-state index is -0.263. The van der Waals surface area contributed by atoms with Crippen molar-refractivity contribution in [1.82, 2.24) is 9.88 Å². The van der Waals surface area contributed by atoms with Crippen molar-refractivity contribution >= 4 is 23.2 Å². The standard InChI is InChI=1S/C13H20N4O2S/c14-4-1-12-16-10(8-20-12)13(19)17-5-2-9(3-6-17)7-11(15)18/h8-9H,1-7,14H2,(H2,15,18). The van der Waals surface area contributed by atoms with Crippen LogP contribution in [0.3, 0.4) is 0 Å². The van der Waals surface area contributed by atoms with Gasteiger partial charge in [0.25, 0.3) is 5.91 Å². The molecule has 1 fully saturated rings. The van der Waals surface area contributed by atoms with E-state index < -0.39 is 0 Å².